The molecule has 0 aromatic heterocycles. The Labute approximate surface area is 66.4 Å². The molecule has 3 heteroatoms. The van der Waals surface area contributed by atoms with E-state index in [0.717, 1.165) is 12.8 Å². The molecule has 0 N–H and O–H groups in total. The van der Waals surface area contributed by atoms with Crippen LogP contribution in [0.3, 0.4) is 0 Å². The van der Waals surface area contributed by atoms with Crippen molar-refractivity contribution < 1.29 is 14.6 Å². The minimum atomic E-state index is -0.903. The molecular formula is C8H13O3-. The Hall–Kier alpha value is -0.570. The first-order valence-corrected chi connectivity index (χ1v) is 3.97. The third-order valence-electron chi connectivity index (χ3n) is 2.34. The number of carboxylic acids is 1. The van der Waals surface area contributed by atoms with Crippen LogP contribution in [0.5, 0.6) is 0 Å². The van der Waals surface area contributed by atoms with Crippen molar-refractivity contribution in [2.75, 3.05) is 7.11 Å². The lowest BCUT2D eigenvalue weighted by Gasteiger charge is -2.27. The molecule has 0 bridgehead atoms. The van der Waals surface area contributed by atoms with Gasteiger partial charge in [0.05, 0.1) is 6.10 Å². The fraction of sp³-hybridized carbons (Fsp3) is 0.875. The summed E-state index contributed by atoms with van der Waals surface area (Å²) in [5, 5.41) is 10.4. The molecule has 1 fully saturated rings. The van der Waals surface area contributed by atoms with Gasteiger partial charge in [0.1, 0.15) is 0 Å². The predicted molar refractivity (Wildman–Crippen MR) is 37.8 cm³/mol. The summed E-state index contributed by atoms with van der Waals surface area (Å²) in [6, 6.07) is 0. The predicted octanol–water partition coefficient (Wildman–Crippen LogP) is -0.0585. The fourth-order valence-corrected chi connectivity index (χ4v) is 1.53. The largest absolute Gasteiger partial charge is 0.550 e. The topological polar surface area (TPSA) is 49.4 Å². The lowest BCUT2D eigenvalue weighted by Crippen LogP contribution is -2.35. The van der Waals surface area contributed by atoms with E-state index in [1.165, 1.54) is 0 Å². The molecule has 0 heterocycles. The molecule has 1 aliphatic rings. The van der Waals surface area contributed by atoms with Gasteiger partial charge in [-0.3, -0.25) is 0 Å². The van der Waals surface area contributed by atoms with E-state index in [1.807, 2.05) is 0 Å². The van der Waals surface area contributed by atoms with Crippen LogP contribution in [0.25, 0.3) is 0 Å². The van der Waals surface area contributed by atoms with Crippen molar-refractivity contribution in [3.8, 4) is 0 Å². The highest BCUT2D eigenvalue weighted by molar-refractivity contribution is 5.67. The summed E-state index contributed by atoms with van der Waals surface area (Å²) in [5.74, 6) is -1.14. The van der Waals surface area contributed by atoms with Crippen LogP contribution >= 0.6 is 0 Å². The van der Waals surface area contributed by atoms with Crippen LogP contribution < -0.4 is 5.11 Å². The van der Waals surface area contributed by atoms with Crippen molar-refractivity contribution in [3.05, 3.63) is 0 Å². The quantitative estimate of drug-likeness (QED) is 0.564. The van der Waals surface area contributed by atoms with Crippen LogP contribution in [0.1, 0.15) is 25.7 Å². The van der Waals surface area contributed by atoms with E-state index in [9.17, 15) is 9.90 Å². The molecule has 0 aromatic rings. The van der Waals surface area contributed by atoms with Crippen LogP contribution in [0.2, 0.25) is 0 Å². The van der Waals surface area contributed by atoms with Gasteiger partial charge >= 0.3 is 0 Å². The maximum absolute atomic E-state index is 10.4. The maximum Gasteiger partial charge on any atom is 0.0571 e. The zero-order valence-corrected chi connectivity index (χ0v) is 6.71. The number of carbonyl (C=O) groups excluding carboxylic acids is 1. The average molecular weight is 157 g/mol. The van der Waals surface area contributed by atoms with Gasteiger partial charge in [0.15, 0.2) is 0 Å². The molecule has 1 saturated carbocycles. The Morgan fingerprint density at radius 1 is 1.36 bits per heavy atom. The van der Waals surface area contributed by atoms with E-state index >= 15 is 0 Å². The summed E-state index contributed by atoms with van der Waals surface area (Å²) in [7, 11) is 1.67. The SMILES string of the molecule is COC1CCC(C(=O)[O-])CC1. The molecular weight excluding hydrogens is 144 g/mol. The highest BCUT2D eigenvalue weighted by Gasteiger charge is 2.20. The van der Waals surface area contributed by atoms with Gasteiger partial charge in [-0.25, -0.2) is 0 Å². The number of rotatable bonds is 2. The number of ether oxygens (including phenoxy) is 1. The first-order chi connectivity index (χ1) is 5.24. The minimum Gasteiger partial charge on any atom is -0.550 e. The number of aliphatic carboxylic acids is 1. The number of carbonyl (C=O) groups is 1. The minimum absolute atomic E-state index is 0.235. The summed E-state index contributed by atoms with van der Waals surface area (Å²) in [4.78, 5) is 10.4. The standard InChI is InChI=1S/C8H14O3/c1-11-7-4-2-6(3-5-7)8(9)10/h6-7H,2-5H2,1H3,(H,9,10)/p-1. The molecule has 0 amide bonds. The van der Waals surface area contributed by atoms with Gasteiger partial charge in [-0.05, 0) is 31.6 Å². The Bertz CT molecular complexity index is 136. The smallest absolute Gasteiger partial charge is 0.0571 e. The van der Waals surface area contributed by atoms with Gasteiger partial charge in [0, 0.05) is 13.1 Å². The molecule has 0 aromatic carbocycles. The van der Waals surface area contributed by atoms with Crippen molar-refractivity contribution in [3.63, 3.8) is 0 Å². The van der Waals surface area contributed by atoms with Gasteiger partial charge in [-0.15, -0.1) is 0 Å². The zero-order chi connectivity index (χ0) is 8.27. The van der Waals surface area contributed by atoms with Crippen molar-refractivity contribution >= 4 is 5.97 Å². The van der Waals surface area contributed by atoms with Crippen LogP contribution in [0.4, 0.5) is 0 Å². The van der Waals surface area contributed by atoms with Crippen LogP contribution in [0.15, 0.2) is 0 Å². The van der Waals surface area contributed by atoms with E-state index in [1.54, 1.807) is 7.11 Å². The molecule has 0 unspecified atom stereocenters. The fourth-order valence-electron chi connectivity index (χ4n) is 1.53. The lowest BCUT2D eigenvalue weighted by atomic mass is 9.87. The lowest BCUT2D eigenvalue weighted by molar-refractivity contribution is -0.312. The molecule has 3 nitrogen and oxygen atoms in total. The molecule has 0 aliphatic heterocycles. The summed E-state index contributed by atoms with van der Waals surface area (Å²) in [6.45, 7) is 0. The number of hydrogen-bond acceptors (Lipinski definition) is 3. The summed E-state index contributed by atoms with van der Waals surface area (Å²) < 4.78 is 5.11. The summed E-state index contributed by atoms with van der Waals surface area (Å²) in [6.07, 6.45) is 3.40. The van der Waals surface area contributed by atoms with Crippen LogP contribution in [0, 0.1) is 5.92 Å². The Kier molecular flexibility index (Phi) is 2.88. The summed E-state index contributed by atoms with van der Waals surface area (Å²) >= 11 is 0. The normalized spacial score (nSPS) is 31.7. The van der Waals surface area contributed by atoms with E-state index in [2.05, 4.69) is 0 Å². The third-order valence-corrected chi connectivity index (χ3v) is 2.34. The van der Waals surface area contributed by atoms with Crippen molar-refractivity contribution in [1.82, 2.24) is 0 Å². The van der Waals surface area contributed by atoms with E-state index in [4.69, 9.17) is 4.74 Å². The number of carboxylic acid groups (broad SMARTS) is 1. The highest BCUT2D eigenvalue weighted by atomic mass is 16.5. The zero-order valence-electron chi connectivity index (χ0n) is 6.71. The second-order valence-corrected chi connectivity index (χ2v) is 3.03. The van der Waals surface area contributed by atoms with Crippen LogP contribution in [-0.4, -0.2) is 19.2 Å². The van der Waals surface area contributed by atoms with Crippen molar-refractivity contribution in [1.29, 1.82) is 0 Å². The van der Waals surface area contributed by atoms with Gasteiger partial charge < -0.3 is 14.6 Å². The number of methoxy groups -OCH3 is 1. The molecule has 1 rings (SSSR count). The second-order valence-electron chi connectivity index (χ2n) is 3.03. The van der Waals surface area contributed by atoms with Gasteiger partial charge in [-0.1, -0.05) is 0 Å². The number of hydrogen-bond donors (Lipinski definition) is 0. The van der Waals surface area contributed by atoms with Crippen molar-refractivity contribution in [2.24, 2.45) is 5.92 Å². The van der Waals surface area contributed by atoms with E-state index in [0.29, 0.717) is 12.8 Å². The molecule has 0 saturated heterocycles. The van der Waals surface area contributed by atoms with Gasteiger partial charge in [0.2, 0.25) is 0 Å². The van der Waals surface area contributed by atoms with Crippen LogP contribution in [-0.2, 0) is 9.53 Å². The molecule has 0 atom stereocenters. The second kappa shape index (κ2) is 3.72. The van der Waals surface area contributed by atoms with E-state index in [-0.39, 0.29) is 12.0 Å². The first kappa shape index (κ1) is 8.53. The van der Waals surface area contributed by atoms with E-state index < -0.39 is 5.97 Å². The third kappa shape index (κ3) is 2.19. The molecule has 1 aliphatic carbocycles. The summed E-state index contributed by atoms with van der Waals surface area (Å²) in [5.41, 5.74) is 0. The Morgan fingerprint density at radius 3 is 2.27 bits per heavy atom. The average Bonchev–Trinajstić information content (AvgIpc) is 2.05. The molecule has 64 valence electrons. The monoisotopic (exact) mass is 157 g/mol. The van der Waals surface area contributed by atoms with Gasteiger partial charge in [0.25, 0.3) is 0 Å². The van der Waals surface area contributed by atoms with Crippen molar-refractivity contribution in [2.45, 2.75) is 31.8 Å². The van der Waals surface area contributed by atoms with Gasteiger partial charge in [-0.2, -0.15) is 0 Å². The first-order valence-electron chi connectivity index (χ1n) is 3.97. The Morgan fingerprint density at radius 2 is 1.91 bits per heavy atom. The molecule has 11 heavy (non-hydrogen) atoms. The Balaban J connectivity index is 2.30. The molecule has 0 radical (unpaired) electrons. The highest BCUT2D eigenvalue weighted by Crippen LogP contribution is 2.24. The maximum atomic E-state index is 10.4. The molecule has 0 spiro atoms.